The highest BCUT2D eigenvalue weighted by atomic mass is 16.4. The summed E-state index contributed by atoms with van der Waals surface area (Å²) in [5.74, 6) is -2.32. The SMILES string of the molecule is CCCCC(NC(=O)c1ccc(C(N)=O)cn1)C(=O)O. The lowest BCUT2D eigenvalue weighted by atomic mass is 10.1. The molecule has 0 aromatic carbocycles. The van der Waals surface area contributed by atoms with Crippen LogP contribution in [0.1, 0.15) is 47.0 Å². The minimum absolute atomic E-state index is 0.0396. The normalized spacial score (nSPS) is 11.7. The molecule has 1 heterocycles. The van der Waals surface area contributed by atoms with Crippen molar-refractivity contribution in [2.45, 2.75) is 32.2 Å². The van der Waals surface area contributed by atoms with Gasteiger partial charge in [0.2, 0.25) is 5.91 Å². The molecule has 0 aliphatic rings. The van der Waals surface area contributed by atoms with E-state index in [1.54, 1.807) is 0 Å². The first-order valence-electron chi connectivity index (χ1n) is 6.25. The molecule has 108 valence electrons. The summed E-state index contributed by atoms with van der Waals surface area (Å²) in [6.45, 7) is 1.94. The Labute approximate surface area is 116 Å². The van der Waals surface area contributed by atoms with E-state index in [0.717, 1.165) is 6.42 Å². The molecule has 0 saturated heterocycles. The Hall–Kier alpha value is -2.44. The summed E-state index contributed by atoms with van der Waals surface area (Å²) in [4.78, 5) is 37.5. The lowest BCUT2D eigenvalue weighted by Gasteiger charge is -2.13. The van der Waals surface area contributed by atoms with E-state index in [9.17, 15) is 14.4 Å². The van der Waals surface area contributed by atoms with Gasteiger partial charge in [-0.3, -0.25) is 14.6 Å². The monoisotopic (exact) mass is 279 g/mol. The van der Waals surface area contributed by atoms with Crippen molar-refractivity contribution in [1.29, 1.82) is 0 Å². The first-order chi connectivity index (χ1) is 9.45. The summed E-state index contributed by atoms with van der Waals surface area (Å²) >= 11 is 0. The Morgan fingerprint density at radius 1 is 1.40 bits per heavy atom. The topological polar surface area (TPSA) is 122 Å². The van der Waals surface area contributed by atoms with Crippen LogP contribution in [-0.2, 0) is 4.79 Å². The predicted octanol–water partition coefficient (Wildman–Crippen LogP) is 0.554. The van der Waals surface area contributed by atoms with E-state index in [4.69, 9.17) is 10.8 Å². The van der Waals surface area contributed by atoms with Gasteiger partial charge in [-0.15, -0.1) is 0 Å². The van der Waals surface area contributed by atoms with Gasteiger partial charge < -0.3 is 16.2 Å². The zero-order chi connectivity index (χ0) is 15.1. The molecule has 1 aromatic heterocycles. The largest absolute Gasteiger partial charge is 0.480 e. The molecule has 2 amide bonds. The number of aliphatic carboxylic acids is 1. The smallest absolute Gasteiger partial charge is 0.326 e. The van der Waals surface area contributed by atoms with Crippen LogP contribution in [0.4, 0.5) is 0 Å². The molecule has 1 unspecified atom stereocenters. The first-order valence-corrected chi connectivity index (χ1v) is 6.25. The van der Waals surface area contributed by atoms with Crippen molar-refractivity contribution < 1.29 is 19.5 Å². The van der Waals surface area contributed by atoms with Crippen molar-refractivity contribution >= 4 is 17.8 Å². The van der Waals surface area contributed by atoms with E-state index in [-0.39, 0.29) is 11.3 Å². The van der Waals surface area contributed by atoms with Crippen molar-refractivity contribution in [3.63, 3.8) is 0 Å². The Balaban J connectivity index is 2.73. The first kappa shape index (κ1) is 15.6. The van der Waals surface area contributed by atoms with Gasteiger partial charge >= 0.3 is 5.97 Å². The molecule has 1 aromatic rings. The number of carbonyl (C=O) groups excluding carboxylic acids is 2. The van der Waals surface area contributed by atoms with E-state index in [0.29, 0.717) is 12.8 Å². The molecule has 0 fully saturated rings. The van der Waals surface area contributed by atoms with Gasteiger partial charge in [0, 0.05) is 6.20 Å². The molecule has 20 heavy (non-hydrogen) atoms. The lowest BCUT2D eigenvalue weighted by Crippen LogP contribution is -2.41. The van der Waals surface area contributed by atoms with Crippen molar-refractivity contribution in [2.75, 3.05) is 0 Å². The summed E-state index contributed by atoms with van der Waals surface area (Å²) in [5.41, 5.74) is 5.28. The Kier molecular flexibility index (Phi) is 5.64. The summed E-state index contributed by atoms with van der Waals surface area (Å²) in [5, 5.41) is 11.4. The van der Waals surface area contributed by atoms with E-state index >= 15 is 0 Å². The number of carboxylic acids is 1. The van der Waals surface area contributed by atoms with Crippen LogP contribution in [0.5, 0.6) is 0 Å². The fourth-order valence-electron chi connectivity index (χ4n) is 1.57. The standard InChI is InChI=1S/C13H17N3O4/c1-2-3-4-10(13(19)20)16-12(18)9-6-5-8(7-15-9)11(14)17/h5-7,10H,2-4H2,1H3,(H2,14,17)(H,16,18)(H,19,20). The molecule has 4 N–H and O–H groups in total. The zero-order valence-corrected chi connectivity index (χ0v) is 11.1. The Bertz CT molecular complexity index is 499. The van der Waals surface area contributed by atoms with Crippen LogP contribution in [0.25, 0.3) is 0 Å². The number of hydrogen-bond donors (Lipinski definition) is 3. The van der Waals surface area contributed by atoms with Gasteiger partial charge in [-0.1, -0.05) is 19.8 Å². The fourth-order valence-corrected chi connectivity index (χ4v) is 1.57. The van der Waals surface area contributed by atoms with Crippen LogP contribution in [0.3, 0.4) is 0 Å². The minimum atomic E-state index is -1.08. The fraction of sp³-hybridized carbons (Fsp3) is 0.385. The van der Waals surface area contributed by atoms with Crippen molar-refractivity contribution in [1.82, 2.24) is 10.3 Å². The number of carboxylic acid groups (broad SMARTS) is 1. The number of nitrogens with one attached hydrogen (secondary N) is 1. The van der Waals surface area contributed by atoms with Gasteiger partial charge in [-0.05, 0) is 18.6 Å². The molecule has 7 heteroatoms. The van der Waals surface area contributed by atoms with Crippen LogP contribution in [0, 0.1) is 0 Å². The molecule has 0 aliphatic heterocycles. The van der Waals surface area contributed by atoms with E-state index in [2.05, 4.69) is 10.3 Å². The predicted molar refractivity (Wildman–Crippen MR) is 71.2 cm³/mol. The number of amides is 2. The summed E-state index contributed by atoms with van der Waals surface area (Å²) < 4.78 is 0. The number of nitrogens with zero attached hydrogens (tertiary/aromatic N) is 1. The Morgan fingerprint density at radius 3 is 2.55 bits per heavy atom. The molecule has 0 bridgehead atoms. The molecule has 7 nitrogen and oxygen atoms in total. The number of unbranched alkanes of at least 4 members (excludes halogenated alkanes) is 1. The van der Waals surface area contributed by atoms with Crippen LogP contribution in [0.2, 0.25) is 0 Å². The summed E-state index contributed by atoms with van der Waals surface area (Å²) in [6.07, 6.45) is 3.08. The number of primary amides is 1. The number of nitrogens with two attached hydrogens (primary N) is 1. The average molecular weight is 279 g/mol. The maximum atomic E-state index is 11.9. The van der Waals surface area contributed by atoms with Gasteiger partial charge in [0.15, 0.2) is 0 Å². The van der Waals surface area contributed by atoms with Crippen LogP contribution < -0.4 is 11.1 Å². The van der Waals surface area contributed by atoms with Crippen molar-refractivity contribution in [3.05, 3.63) is 29.6 Å². The van der Waals surface area contributed by atoms with Gasteiger partial charge in [0.1, 0.15) is 11.7 Å². The third-order valence-corrected chi connectivity index (χ3v) is 2.73. The van der Waals surface area contributed by atoms with Crippen LogP contribution in [-0.4, -0.2) is 33.9 Å². The zero-order valence-electron chi connectivity index (χ0n) is 11.1. The maximum Gasteiger partial charge on any atom is 0.326 e. The van der Waals surface area contributed by atoms with Gasteiger partial charge in [-0.25, -0.2) is 4.79 Å². The number of hydrogen-bond acceptors (Lipinski definition) is 4. The minimum Gasteiger partial charge on any atom is -0.480 e. The highest BCUT2D eigenvalue weighted by Crippen LogP contribution is 2.04. The third-order valence-electron chi connectivity index (χ3n) is 2.73. The van der Waals surface area contributed by atoms with Gasteiger partial charge in [-0.2, -0.15) is 0 Å². The average Bonchev–Trinajstić information content (AvgIpc) is 2.42. The molecule has 1 atom stereocenters. The van der Waals surface area contributed by atoms with Crippen LogP contribution in [0.15, 0.2) is 18.3 Å². The highest BCUT2D eigenvalue weighted by Gasteiger charge is 2.20. The van der Waals surface area contributed by atoms with E-state index in [1.165, 1.54) is 18.3 Å². The number of carbonyl (C=O) groups is 3. The summed E-state index contributed by atoms with van der Waals surface area (Å²) in [6, 6.07) is 1.75. The van der Waals surface area contributed by atoms with Gasteiger partial charge in [0.05, 0.1) is 5.56 Å². The summed E-state index contributed by atoms with van der Waals surface area (Å²) in [7, 11) is 0. The number of rotatable bonds is 7. The van der Waals surface area contributed by atoms with Crippen molar-refractivity contribution in [2.24, 2.45) is 5.73 Å². The van der Waals surface area contributed by atoms with Crippen molar-refractivity contribution in [3.8, 4) is 0 Å². The number of pyridine rings is 1. The van der Waals surface area contributed by atoms with E-state index < -0.39 is 23.8 Å². The number of aromatic nitrogens is 1. The molecule has 0 spiro atoms. The second-order valence-corrected chi connectivity index (χ2v) is 4.30. The molecule has 0 saturated carbocycles. The molecule has 0 radical (unpaired) electrons. The molecular formula is C13H17N3O4. The molecule has 0 aliphatic carbocycles. The second kappa shape index (κ2) is 7.22. The van der Waals surface area contributed by atoms with Crippen LogP contribution >= 0.6 is 0 Å². The maximum absolute atomic E-state index is 11.9. The second-order valence-electron chi connectivity index (χ2n) is 4.30. The molecular weight excluding hydrogens is 262 g/mol. The quantitative estimate of drug-likeness (QED) is 0.672. The van der Waals surface area contributed by atoms with E-state index in [1.807, 2.05) is 6.92 Å². The third kappa shape index (κ3) is 4.34. The Morgan fingerprint density at radius 2 is 2.10 bits per heavy atom. The molecule has 1 rings (SSSR count). The highest BCUT2D eigenvalue weighted by molar-refractivity contribution is 5.96. The lowest BCUT2D eigenvalue weighted by molar-refractivity contribution is -0.139. The van der Waals surface area contributed by atoms with Gasteiger partial charge in [0.25, 0.3) is 5.91 Å².